The van der Waals surface area contributed by atoms with Crippen LogP contribution in [0, 0.1) is 6.92 Å². The maximum atomic E-state index is 12.6. The molecule has 0 N–H and O–H groups in total. The van der Waals surface area contributed by atoms with Gasteiger partial charge in [-0.1, -0.05) is 60.2 Å². The molecule has 2 amide bonds. The van der Waals surface area contributed by atoms with E-state index in [2.05, 4.69) is 5.10 Å². The molecule has 4 aromatic rings. The molecule has 0 unspecified atom stereocenters. The van der Waals surface area contributed by atoms with E-state index in [1.807, 2.05) is 67.7 Å². The zero-order valence-corrected chi connectivity index (χ0v) is 16.8. The minimum atomic E-state index is -0.427. The number of nitrogens with zero attached hydrogens (tertiary/aromatic N) is 4. The van der Waals surface area contributed by atoms with Gasteiger partial charge in [-0.2, -0.15) is 15.2 Å². The average molecular weight is 406 g/mol. The Labute approximate surface area is 179 Å². The maximum absolute atomic E-state index is 12.6. The molecule has 31 heavy (non-hydrogen) atoms. The highest BCUT2D eigenvalue weighted by Gasteiger charge is 2.35. The standard InChI is InChI=1S/C25H18N4O2/c1-17-11-13-18(14-12-17)23-19(16-28(27-23)20-7-3-2-4-8-20)15-26-29-24(30)21-9-5-6-10-22(21)25(29)31/h2-16H,1H3/b26-15-. The van der Waals surface area contributed by atoms with Crippen molar-refractivity contribution in [2.75, 3.05) is 0 Å². The lowest BCUT2D eigenvalue weighted by Gasteiger charge is -2.05. The van der Waals surface area contributed by atoms with Gasteiger partial charge in [-0.25, -0.2) is 4.68 Å². The molecule has 0 spiro atoms. The summed E-state index contributed by atoms with van der Waals surface area (Å²) in [6.45, 7) is 2.02. The number of para-hydroxylation sites is 1. The van der Waals surface area contributed by atoms with Crippen molar-refractivity contribution in [2.24, 2.45) is 5.10 Å². The van der Waals surface area contributed by atoms with Gasteiger partial charge in [-0.05, 0) is 31.2 Å². The summed E-state index contributed by atoms with van der Waals surface area (Å²) in [6.07, 6.45) is 3.36. The van der Waals surface area contributed by atoms with Gasteiger partial charge in [0.1, 0.15) is 5.69 Å². The zero-order chi connectivity index (χ0) is 21.4. The Morgan fingerprint density at radius 2 is 1.42 bits per heavy atom. The topological polar surface area (TPSA) is 67.6 Å². The summed E-state index contributed by atoms with van der Waals surface area (Å²) in [7, 11) is 0. The summed E-state index contributed by atoms with van der Waals surface area (Å²) in [4.78, 5) is 25.2. The number of aryl methyl sites for hydroxylation is 1. The number of imide groups is 1. The fourth-order valence-electron chi connectivity index (χ4n) is 3.53. The molecule has 0 saturated carbocycles. The molecule has 6 nitrogen and oxygen atoms in total. The van der Waals surface area contributed by atoms with Gasteiger partial charge in [0.05, 0.1) is 23.0 Å². The van der Waals surface area contributed by atoms with E-state index in [1.165, 1.54) is 6.21 Å². The normalized spacial score (nSPS) is 13.3. The van der Waals surface area contributed by atoms with Crippen molar-refractivity contribution >= 4 is 18.0 Å². The molecule has 1 aromatic heterocycles. The van der Waals surface area contributed by atoms with E-state index in [9.17, 15) is 9.59 Å². The summed E-state index contributed by atoms with van der Waals surface area (Å²) < 4.78 is 1.76. The zero-order valence-electron chi connectivity index (χ0n) is 16.8. The predicted molar refractivity (Wildman–Crippen MR) is 118 cm³/mol. The number of hydrazone groups is 1. The molecule has 3 aromatic carbocycles. The highest BCUT2D eigenvalue weighted by molar-refractivity contribution is 6.21. The van der Waals surface area contributed by atoms with Gasteiger partial charge in [0, 0.05) is 17.3 Å². The molecule has 150 valence electrons. The largest absolute Gasteiger partial charge is 0.282 e. The predicted octanol–water partition coefficient (Wildman–Crippen LogP) is 4.48. The molecule has 0 radical (unpaired) electrons. The van der Waals surface area contributed by atoms with Crippen LogP contribution in [-0.2, 0) is 0 Å². The molecule has 1 aliphatic rings. The molecule has 0 atom stereocenters. The lowest BCUT2D eigenvalue weighted by Crippen LogP contribution is -2.24. The van der Waals surface area contributed by atoms with Crippen LogP contribution in [0.15, 0.2) is 90.2 Å². The van der Waals surface area contributed by atoms with Gasteiger partial charge in [0.25, 0.3) is 11.8 Å². The van der Waals surface area contributed by atoms with E-state index in [1.54, 1.807) is 28.9 Å². The number of rotatable bonds is 4. The molecule has 0 bridgehead atoms. The van der Waals surface area contributed by atoms with E-state index in [4.69, 9.17) is 5.10 Å². The van der Waals surface area contributed by atoms with Crippen molar-refractivity contribution in [1.29, 1.82) is 0 Å². The summed E-state index contributed by atoms with van der Waals surface area (Å²) in [6, 6.07) is 24.5. The third-order valence-electron chi connectivity index (χ3n) is 5.17. The van der Waals surface area contributed by atoms with Crippen LogP contribution in [0.3, 0.4) is 0 Å². The van der Waals surface area contributed by atoms with Crippen molar-refractivity contribution < 1.29 is 9.59 Å². The number of carbonyl (C=O) groups is 2. The third-order valence-corrected chi connectivity index (χ3v) is 5.17. The molecular weight excluding hydrogens is 388 g/mol. The number of aromatic nitrogens is 2. The minimum Gasteiger partial charge on any atom is -0.267 e. The summed E-state index contributed by atoms with van der Waals surface area (Å²) in [5.41, 5.74) is 5.10. The van der Waals surface area contributed by atoms with Crippen LogP contribution in [-0.4, -0.2) is 32.8 Å². The number of benzene rings is 3. The lowest BCUT2D eigenvalue weighted by molar-refractivity contribution is 0.0660. The van der Waals surface area contributed by atoms with Crippen LogP contribution in [0.1, 0.15) is 31.8 Å². The van der Waals surface area contributed by atoms with Crippen molar-refractivity contribution in [3.8, 4) is 16.9 Å². The number of fused-ring (bicyclic) bond motifs is 1. The summed E-state index contributed by atoms with van der Waals surface area (Å²) >= 11 is 0. The average Bonchev–Trinajstić information content (AvgIpc) is 3.33. The van der Waals surface area contributed by atoms with Crippen molar-refractivity contribution in [3.63, 3.8) is 0 Å². The first-order valence-electron chi connectivity index (χ1n) is 9.86. The Kier molecular flexibility index (Phi) is 4.52. The number of carbonyl (C=O) groups excluding carboxylic acids is 2. The Morgan fingerprint density at radius 1 is 0.806 bits per heavy atom. The molecule has 2 heterocycles. The molecule has 6 heteroatoms. The van der Waals surface area contributed by atoms with Crippen molar-refractivity contribution in [2.45, 2.75) is 6.92 Å². The van der Waals surface area contributed by atoms with Crippen molar-refractivity contribution in [3.05, 3.63) is 107 Å². The monoisotopic (exact) mass is 406 g/mol. The van der Waals surface area contributed by atoms with E-state index >= 15 is 0 Å². The Bertz CT molecular complexity index is 1290. The fraction of sp³-hybridized carbons (Fsp3) is 0.0400. The van der Waals surface area contributed by atoms with Crippen LogP contribution < -0.4 is 0 Å². The Morgan fingerprint density at radius 3 is 2.06 bits per heavy atom. The highest BCUT2D eigenvalue weighted by atomic mass is 16.2. The van der Waals surface area contributed by atoms with Crippen LogP contribution >= 0.6 is 0 Å². The van der Waals surface area contributed by atoms with E-state index in [0.717, 1.165) is 21.8 Å². The number of hydrogen-bond acceptors (Lipinski definition) is 4. The van der Waals surface area contributed by atoms with Gasteiger partial charge in [-0.3, -0.25) is 9.59 Å². The fourth-order valence-corrected chi connectivity index (χ4v) is 3.53. The van der Waals surface area contributed by atoms with Crippen molar-refractivity contribution in [1.82, 2.24) is 14.8 Å². The molecule has 0 saturated heterocycles. The summed E-state index contributed by atoms with van der Waals surface area (Å²) in [5, 5.41) is 9.88. The molecule has 1 aliphatic heterocycles. The maximum Gasteiger partial charge on any atom is 0.282 e. The second-order valence-electron chi connectivity index (χ2n) is 7.29. The van der Waals surface area contributed by atoms with Crippen LogP contribution in [0.25, 0.3) is 16.9 Å². The third kappa shape index (κ3) is 3.34. The number of amides is 2. The molecule has 5 rings (SSSR count). The Hall–Kier alpha value is -4.32. The van der Waals surface area contributed by atoms with Gasteiger partial charge in [0.15, 0.2) is 0 Å². The first-order valence-corrected chi connectivity index (χ1v) is 9.86. The van der Waals surface area contributed by atoms with Gasteiger partial charge >= 0.3 is 0 Å². The van der Waals surface area contributed by atoms with Crippen LogP contribution in [0.5, 0.6) is 0 Å². The van der Waals surface area contributed by atoms with Crippen LogP contribution in [0.2, 0.25) is 0 Å². The van der Waals surface area contributed by atoms with E-state index in [0.29, 0.717) is 22.4 Å². The minimum absolute atomic E-state index is 0.364. The smallest absolute Gasteiger partial charge is 0.267 e. The van der Waals surface area contributed by atoms with E-state index < -0.39 is 11.8 Å². The van der Waals surface area contributed by atoms with E-state index in [-0.39, 0.29) is 0 Å². The second kappa shape index (κ2) is 7.50. The lowest BCUT2D eigenvalue weighted by atomic mass is 10.1. The van der Waals surface area contributed by atoms with Crippen LogP contribution in [0.4, 0.5) is 0 Å². The second-order valence-corrected chi connectivity index (χ2v) is 7.29. The molecular formula is C25H18N4O2. The summed E-state index contributed by atoms with van der Waals surface area (Å²) in [5.74, 6) is -0.853. The van der Waals surface area contributed by atoms with Gasteiger partial charge in [-0.15, -0.1) is 0 Å². The molecule has 0 aliphatic carbocycles. The van der Waals surface area contributed by atoms with Gasteiger partial charge in [0.2, 0.25) is 0 Å². The highest BCUT2D eigenvalue weighted by Crippen LogP contribution is 2.25. The quantitative estimate of drug-likeness (QED) is 0.371. The first kappa shape index (κ1) is 18.7. The van der Waals surface area contributed by atoms with Gasteiger partial charge < -0.3 is 0 Å². The Balaban J connectivity index is 1.55. The first-order chi connectivity index (χ1) is 15.1. The number of hydrogen-bond donors (Lipinski definition) is 0. The molecule has 0 fully saturated rings. The SMILES string of the molecule is Cc1ccc(-c2nn(-c3ccccc3)cc2/C=N\N2C(=O)c3ccccc3C2=O)cc1.